The maximum Gasteiger partial charge on any atom is 0.573 e. The third-order valence-corrected chi connectivity index (χ3v) is 6.30. The lowest BCUT2D eigenvalue weighted by Crippen LogP contribution is -2.34. The Labute approximate surface area is 208 Å². The molecule has 3 aromatic rings. The number of fused-ring (bicyclic) bond motifs is 1. The van der Waals surface area contributed by atoms with Crippen LogP contribution in [0.3, 0.4) is 0 Å². The van der Waals surface area contributed by atoms with E-state index in [9.17, 15) is 18.0 Å². The van der Waals surface area contributed by atoms with E-state index in [1.54, 1.807) is 0 Å². The minimum absolute atomic E-state index is 0.108. The van der Waals surface area contributed by atoms with Gasteiger partial charge in [0.2, 0.25) is 11.9 Å². The number of halogens is 3. The van der Waals surface area contributed by atoms with Crippen molar-refractivity contribution in [3.8, 4) is 5.75 Å². The van der Waals surface area contributed by atoms with Gasteiger partial charge < -0.3 is 20.3 Å². The van der Waals surface area contributed by atoms with Crippen molar-refractivity contribution >= 4 is 28.6 Å². The molecule has 0 aliphatic heterocycles. The summed E-state index contributed by atoms with van der Waals surface area (Å²) in [4.78, 5) is 23.7. The van der Waals surface area contributed by atoms with Gasteiger partial charge in [0.1, 0.15) is 11.6 Å². The van der Waals surface area contributed by atoms with Gasteiger partial charge in [0.15, 0.2) is 0 Å². The highest BCUT2D eigenvalue weighted by Crippen LogP contribution is 2.28. The number of carbonyl (C=O) groups is 1. The molecule has 192 valence electrons. The molecule has 2 N–H and O–H groups in total. The van der Waals surface area contributed by atoms with Gasteiger partial charge >= 0.3 is 6.36 Å². The smallest absolute Gasteiger partial charge is 0.406 e. The third kappa shape index (κ3) is 6.99. The van der Waals surface area contributed by atoms with Crippen molar-refractivity contribution in [2.75, 3.05) is 30.9 Å². The van der Waals surface area contributed by atoms with E-state index in [0.29, 0.717) is 24.0 Å². The second-order valence-corrected chi connectivity index (χ2v) is 9.32. The number of alkyl halides is 3. The van der Waals surface area contributed by atoms with E-state index in [0.717, 1.165) is 42.4 Å². The summed E-state index contributed by atoms with van der Waals surface area (Å²) in [7, 11) is 3.94. The molecule has 1 amide bonds. The van der Waals surface area contributed by atoms with Crippen LogP contribution in [0.25, 0.3) is 10.9 Å². The number of carbonyl (C=O) groups excluding carboxylic acids is 1. The van der Waals surface area contributed by atoms with Crippen LogP contribution in [0.2, 0.25) is 0 Å². The SMILES string of the molecule is CN(C)c1nc(N[C@H]2CC[C@@H](CNC(=O)Cc3ccc(OC(F)(F)F)cc3)CC2)nc2ccccc12. The van der Waals surface area contributed by atoms with Crippen LogP contribution in [0.4, 0.5) is 24.9 Å². The van der Waals surface area contributed by atoms with Crippen LogP contribution < -0.4 is 20.3 Å². The molecule has 7 nitrogen and oxygen atoms in total. The molecule has 1 aliphatic carbocycles. The lowest BCUT2D eigenvalue weighted by Gasteiger charge is -2.29. The molecule has 36 heavy (non-hydrogen) atoms. The predicted molar refractivity (Wildman–Crippen MR) is 133 cm³/mol. The first-order valence-corrected chi connectivity index (χ1v) is 12.0. The van der Waals surface area contributed by atoms with E-state index < -0.39 is 6.36 Å². The number of amides is 1. The van der Waals surface area contributed by atoms with Crippen LogP contribution in [0, 0.1) is 5.92 Å². The van der Waals surface area contributed by atoms with Crippen LogP contribution in [0.5, 0.6) is 5.75 Å². The molecule has 10 heteroatoms. The molecule has 1 aliphatic rings. The number of hydrogen-bond donors (Lipinski definition) is 2. The summed E-state index contributed by atoms with van der Waals surface area (Å²) in [6.45, 7) is 0.581. The Hall–Kier alpha value is -3.56. The Morgan fingerprint density at radius 1 is 1.03 bits per heavy atom. The molecule has 0 saturated heterocycles. The Bertz CT molecular complexity index is 1180. The average Bonchev–Trinajstić information content (AvgIpc) is 2.83. The minimum atomic E-state index is -4.73. The standard InChI is InChI=1S/C26H30F3N5O2/c1-34(2)24-21-5-3-4-6-22(21)32-25(33-24)31-19-11-7-18(8-12-19)16-30-23(35)15-17-9-13-20(14-10-17)36-26(27,28)29/h3-6,9-10,13-14,18-19H,7-8,11-12,15-16H2,1-2H3,(H,30,35)(H,31,32,33)/t18-,19+. The highest BCUT2D eigenvalue weighted by molar-refractivity contribution is 5.90. The van der Waals surface area contributed by atoms with Crippen molar-refractivity contribution in [2.45, 2.75) is 44.5 Å². The Kier molecular flexibility index (Phi) is 7.81. The van der Waals surface area contributed by atoms with Gasteiger partial charge in [-0.3, -0.25) is 4.79 Å². The number of nitrogens with zero attached hydrogens (tertiary/aromatic N) is 3. The zero-order valence-electron chi connectivity index (χ0n) is 20.3. The van der Waals surface area contributed by atoms with Crippen LogP contribution in [0.15, 0.2) is 48.5 Å². The summed E-state index contributed by atoms with van der Waals surface area (Å²) in [6, 6.07) is 13.6. The number of hydrogen-bond acceptors (Lipinski definition) is 6. The monoisotopic (exact) mass is 501 g/mol. The molecule has 1 saturated carbocycles. The van der Waals surface area contributed by atoms with Crippen LogP contribution in [-0.2, 0) is 11.2 Å². The van der Waals surface area contributed by atoms with E-state index in [2.05, 4.69) is 20.4 Å². The fourth-order valence-corrected chi connectivity index (χ4v) is 4.47. The number of aromatic nitrogens is 2. The average molecular weight is 502 g/mol. The summed E-state index contributed by atoms with van der Waals surface area (Å²) in [5.74, 6) is 1.43. The van der Waals surface area contributed by atoms with Gasteiger partial charge in [-0.2, -0.15) is 4.98 Å². The van der Waals surface area contributed by atoms with E-state index in [-0.39, 0.29) is 24.1 Å². The van der Waals surface area contributed by atoms with E-state index >= 15 is 0 Å². The summed E-state index contributed by atoms with van der Waals surface area (Å²) < 4.78 is 40.7. The van der Waals surface area contributed by atoms with Crippen molar-refractivity contribution in [2.24, 2.45) is 5.92 Å². The minimum Gasteiger partial charge on any atom is -0.406 e. The van der Waals surface area contributed by atoms with Gasteiger partial charge in [0, 0.05) is 32.1 Å². The second kappa shape index (κ2) is 11.0. The van der Waals surface area contributed by atoms with Gasteiger partial charge in [-0.1, -0.05) is 24.3 Å². The van der Waals surface area contributed by atoms with Crippen LogP contribution in [0.1, 0.15) is 31.2 Å². The Morgan fingerprint density at radius 2 is 1.72 bits per heavy atom. The highest BCUT2D eigenvalue weighted by atomic mass is 19.4. The summed E-state index contributed by atoms with van der Waals surface area (Å²) in [5.41, 5.74) is 1.53. The number of ether oxygens (including phenoxy) is 1. The fraction of sp³-hybridized carbons (Fsp3) is 0.423. The molecule has 0 spiro atoms. The van der Waals surface area contributed by atoms with Crippen LogP contribution in [-0.4, -0.2) is 48.9 Å². The second-order valence-electron chi connectivity index (χ2n) is 9.32. The number of para-hydroxylation sites is 1. The molecular weight excluding hydrogens is 471 g/mol. The first kappa shape index (κ1) is 25.5. The number of benzene rings is 2. The van der Waals surface area contributed by atoms with Crippen LogP contribution >= 0.6 is 0 Å². The summed E-state index contributed by atoms with van der Waals surface area (Å²) in [6.07, 6.45) is -0.781. The van der Waals surface area contributed by atoms with E-state index in [1.807, 2.05) is 43.3 Å². The van der Waals surface area contributed by atoms with Crippen molar-refractivity contribution in [1.29, 1.82) is 0 Å². The first-order valence-electron chi connectivity index (χ1n) is 12.0. The van der Waals surface area contributed by atoms with Gasteiger partial charge in [0.05, 0.1) is 11.9 Å². The maximum absolute atomic E-state index is 12.3. The zero-order valence-corrected chi connectivity index (χ0v) is 20.3. The highest BCUT2D eigenvalue weighted by Gasteiger charge is 2.31. The van der Waals surface area contributed by atoms with Crippen molar-refractivity contribution < 1.29 is 22.7 Å². The Balaban J connectivity index is 1.23. The molecule has 0 unspecified atom stereocenters. The first-order chi connectivity index (χ1) is 17.2. The molecule has 1 aromatic heterocycles. The summed E-state index contributed by atoms with van der Waals surface area (Å²) in [5, 5.41) is 7.46. The molecule has 0 bridgehead atoms. The molecule has 0 atom stereocenters. The van der Waals surface area contributed by atoms with Gasteiger partial charge in [-0.15, -0.1) is 13.2 Å². The Morgan fingerprint density at radius 3 is 2.39 bits per heavy atom. The van der Waals surface area contributed by atoms with E-state index in [1.165, 1.54) is 24.3 Å². The lowest BCUT2D eigenvalue weighted by atomic mass is 9.86. The largest absolute Gasteiger partial charge is 0.573 e. The van der Waals surface area contributed by atoms with E-state index in [4.69, 9.17) is 4.98 Å². The molecular formula is C26H30F3N5O2. The predicted octanol–water partition coefficient (Wildman–Crippen LogP) is 4.92. The third-order valence-electron chi connectivity index (χ3n) is 6.30. The normalized spacial score (nSPS) is 18.0. The molecule has 2 aromatic carbocycles. The quantitative estimate of drug-likeness (QED) is 0.456. The van der Waals surface area contributed by atoms with Gasteiger partial charge in [-0.05, 0) is 61.4 Å². The fourth-order valence-electron chi connectivity index (χ4n) is 4.47. The van der Waals surface area contributed by atoms with Crippen molar-refractivity contribution in [3.05, 3.63) is 54.1 Å². The lowest BCUT2D eigenvalue weighted by molar-refractivity contribution is -0.274. The number of rotatable bonds is 8. The number of anilines is 2. The van der Waals surface area contributed by atoms with Crippen molar-refractivity contribution in [3.63, 3.8) is 0 Å². The number of nitrogens with one attached hydrogen (secondary N) is 2. The summed E-state index contributed by atoms with van der Waals surface area (Å²) >= 11 is 0. The molecule has 4 rings (SSSR count). The molecule has 0 radical (unpaired) electrons. The van der Waals surface area contributed by atoms with Crippen molar-refractivity contribution in [1.82, 2.24) is 15.3 Å². The van der Waals surface area contributed by atoms with Gasteiger partial charge in [-0.25, -0.2) is 4.98 Å². The zero-order chi connectivity index (χ0) is 25.7. The van der Waals surface area contributed by atoms with Gasteiger partial charge in [0.25, 0.3) is 0 Å². The topological polar surface area (TPSA) is 79.4 Å². The maximum atomic E-state index is 12.3. The molecule has 1 fully saturated rings. The molecule has 1 heterocycles.